The van der Waals surface area contributed by atoms with Gasteiger partial charge >= 0.3 is 0 Å². The molecule has 1 aliphatic heterocycles. The molecule has 0 aromatic heterocycles. The van der Waals surface area contributed by atoms with E-state index >= 15 is 0 Å². The summed E-state index contributed by atoms with van der Waals surface area (Å²) in [5.41, 5.74) is 4.00. The number of carbonyl (C=O) groups excluding carboxylic acids is 2. The van der Waals surface area contributed by atoms with E-state index in [0.717, 1.165) is 10.0 Å². The minimum Gasteiger partial charge on any atom is -0.497 e. The van der Waals surface area contributed by atoms with E-state index in [1.165, 1.54) is 0 Å². The van der Waals surface area contributed by atoms with Crippen molar-refractivity contribution in [2.75, 3.05) is 27.3 Å². The number of nitrogens with one attached hydrogen (secondary N) is 1. The molecule has 1 heterocycles. The lowest BCUT2D eigenvalue weighted by atomic mass is 9.95. The summed E-state index contributed by atoms with van der Waals surface area (Å²) in [5, 5.41) is 4.04. The number of rotatable bonds is 6. The predicted octanol–water partition coefficient (Wildman–Crippen LogP) is 3.47. The van der Waals surface area contributed by atoms with Crippen molar-refractivity contribution >= 4 is 34.0 Å². The molecule has 0 saturated carbocycles. The minimum atomic E-state index is -0.173. The Morgan fingerprint density at radius 1 is 1.10 bits per heavy atom. The first-order chi connectivity index (χ1) is 14.5. The summed E-state index contributed by atoms with van der Waals surface area (Å²) < 4.78 is 11.4. The van der Waals surface area contributed by atoms with Crippen LogP contribution in [0.4, 0.5) is 0 Å². The molecule has 2 aromatic carbocycles. The SMILES string of the molecule is COc1cc(OC)cc(C(=O)N2CCC(C(=O)NN=Cc3cccc(Br)c3)CC2)c1. The predicted molar refractivity (Wildman–Crippen MR) is 118 cm³/mol. The Hall–Kier alpha value is -2.87. The third-order valence-electron chi connectivity index (χ3n) is 4.99. The Kier molecular flexibility index (Phi) is 7.46. The van der Waals surface area contributed by atoms with E-state index in [0.29, 0.717) is 43.0 Å². The first kappa shape index (κ1) is 21.8. The van der Waals surface area contributed by atoms with Crippen molar-refractivity contribution in [1.82, 2.24) is 10.3 Å². The standard InChI is InChI=1S/C22H24BrN3O4/c1-29-19-11-17(12-20(13-19)30-2)22(28)26-8-6-16(7-9-26)21(27)25-24-14-15-4-3-5-18(23)10-15/h3-5,10-14,16H,6-9H2,1-2H3,(H,25,27). The van der Waals surface area contributed by atoms with E-state index in [9.17, 15) is 9.59 Å². The smallest absolute Gasteiger partial charge is 0.254 e. The first-order valence-electron chi connectivity index (χ1n) is 9.61. The van der Waals surface area contributed by atoms with Crippen molar-refractivity contribution in [3.63, 3.8) is 0 Å². The number of halogens is 1. The zero-order valence-corrected chi connectivity index (χ0v) is 18.5. The van der Waals surface area contributed by atoms with Crippen molar-refractivity contribution in [2.24, 2.45) is 11.0 Å². The molecule has 2 aromatic rings. The summed E-state index contributed by atoms with van der Waals surface area (Å²) in [7, 11) is 3.10. The number of benzene rings is 2. The van der Waals surface area contributed by atoms with E-state index in [1.54, 1.807) is 43.5 Å². The number of likely N-dealkylation sites (tertiary alicyclic amines) is 1. The monoisotopic (exact) mass is 473 g/mol. The lowest BCUT2D eigenvalue weighted by Crippen LogP contribution is -2.42. The molecule has 0 radical (unpaired) electrons. The zero-order valence-electron chi connectivity index (χ0n) is 16.9. The molecule has 1 N–H and O–H groups in total. The normalized spacial score (nSPS) is 14.6. The van der Waals surface area contributed by atoms with E-state index in [1.807, 2.05) is 24.3 Å². The molecule has 0 unspecified atom stereocenters. The molecule has 8 heteroatoms. The van der Waals surface area contributed by atoms with Crippen LogP contribution in [0.1, 0.15) is 28.8 Å². The summed E-state index contributed by atoms with van der Waals surface area (Å²) in [5.74, 6) is 0.731. The highest BCUT2D eigenvalue weighted by Gasteiger charge is 2.28. The molecule has 1 saturated heterocycles. The average Bonchev–Trinajstić information content (AvgIpc) is 2.78. The fourth-order valence-corrected chi connectivity index (χ4v) is 3.72. The number of hydrogen-bond donors (Lipinski definition) is 1. The Bertz CT molecular complexity index is 917. The number of methoxy groups -OCH3 is 2. The highest BCUT2D eigenvalue weighted by Crippen LogP contribution is 2.25. The number of hydrazone groups is 1. The Morgan fingerprint density at radius 3 is 2.37 bits per heavy atom. The fraction of sp³-hybridized carbons (Fsp3) is 0.318. The Labute approximate surface area is 184 Å². The average molecular weight is 474 g/mol. The molecular weight excluding hydrogens is 450 g/mol. The van der Waals surface area contributed by atoms with E-state index in [4.69, 9.17) is 9.47 Å². The molecule has 0 atom stereocenters. The molecule has 1 fully saturated rings. The van der Waals surface area contributed by atoms with Gasteiger partial charge in [0.25, 0.3) is 5.91 Å². The van der Waals surface area contributed by atoms with Gasteiger partial charge in [-0.15, -0.1) is 0 Å². The largest absolute Gasteiger partial charge is 0.497 e. The van der Waals surface area contributed by atoms with Crippen LogP contribution >= 0.6 is 15.9 Å². The maximum absolute atomic E-state index is 12.9. The second-order valence-corrected chi connectivity index (χ2v) is 7.87. The highest BCUT2D eigenvalue weighted by molar-refractivity contribution is 9.10. The van der Waals surface area contributed by atoms with Crippen LogP contribution in [0.25, 0.3) is 0 Å². The van der Waals surface area contributed by atoms with Crippen LogP contribution in [-0.4, -0.2) is 50.2 Å². The zero-order chi connectivity index (χ0) is 21.5. The summed E-state index contributed by atoms with van der Waals surface area (Å²) in [6.45, 7) is 1.01. The van der Waals surface area contributed by atoms with Crippen molar-refractivity contribution < 1.29 is 19.1 Å². The van der Waals surface area contributed by atoms with Gasteiger partial charge in [0.2, 0.25) is 5.91 Å². The second kappa shape index (κ2) is 10.2. The van der Waals surface area contributed by atoms with Gasteiger partial charge in [0.15, 0.2) is 0 Å². The van der Waals surface area contributed by atoms with Gasteiger partial charge in [-0.3, -0.25) is 9.59 Å². The van der Waals surface area contributed by atoms with Crippen LogP contribution in [0, 0.1) is 5.92 Å². The number of hydrogen-bond acceptors (Lipinski definition) is 5. The summed E-state index contributed by atoms with van der Waals surface area (Å²) in [6.07, 6.45) is 2.79. The second-order valence-electron chi connectivity index (χ2n) is 6.96. The van der Waals surface area contributed by atoms with Crippen LogP contribution < -0.4 is 14.9 Å². The van der Waals surface area contributed by atoms with Gasteiger partial charge < -0.3 is 14.4 Å². The summed E-state index contributed by atoms with van der Waals surface area (Å²) in [6, 6.07) is 12.7. The highest BCUT2D eigenvalue weighted by atomic mass is 79.9. The van der Waals surface area contributed by atoms with Crippen molar-refractivity contribution in [3.05, 3.63) is 58.1 Å². The number of piperidine rings is 1. The Morgan fingerprint density at radius 2 is 1.77 bits per heavy atom. The number of carbonyl (C=O) groups is 2. The number of ether oxygens (including phenoxy) is 2. The lowest BCUT2D eigenvalue weighted by Gasteiger charge is -2.31. The van der Waals surface area contributed by atoms with E-state index in [2.05, 4.69) is 26.5 Å². The molecule has 3 rings (SSSR count). The molecule has 0 spiro atoms. The van der Waals surface area contributed by atoms with Crippen LogP contribution in [0.15, 0.2) is 52.0 Å². The van der Waals surface area contributed by atoms with Crippen LogP contribution in [-0.2, 0) is 4.79 Å². The minimum absolute atomic E-state index is 0.0984. The molecule has 1 aliphatic rings. The quantitative estimate of drug-likeness (QED) is 0.514. The van der Waals surface area contributed by atoms with Crippen LogP contribution in [0.3, 0.4) is 0 Å². The van der Waals surface area contributed by atoms with Crippen LogP contribution in [0.5, 0.6) is 11.5 Å². The third kappa shape index (κ3) is 5.60. The lowest BCUT2D eigenvalue weighted by molar-refractivity contribution is -0.126. The van der Waals surface area contributed by atoms with Crippen molar-refractivity contribution in [1.29, 1.82) is 0 Å². The number of amides is 2. The van der Waals surface area contributed by atoms with Gasteiger partial charge in [0.05, 0.1) is 20.4 Å². The topological polar surface area (TPSA) is 80.2 Å². The first-order valence-corrected chi connectivity index (χ1v) is 10.4. The number of nitrogens with zero attached hydrogens (tertiary/aromatic N) is 2. The molecular formula is C22H24BrN3O4. The van der Waals surface area contributed by atoms with Crippen LogP contribution in [0.2, 0.25) is 0 Å². The van der Waals surface area contributed by atoms with Gasteiger partial charge in [-0.05, 0) is 42.7 Å². The maximum atomic E-state index is 12.9. The molecule has 0 bridgehead atoms. The molecule has 0 aliphatic carbocycles. The maximum Gasteiger partial charge on any atom is 0.254 e. The Balaban J connectivity index is 1.54. The fourth-order valence-electron chi connectivity index (χ4n) is 3.31. The van der Waals surface area contributed by atoms with E-state index in [-0.39, 0.29) is 17.7 Å². The molecule has 158 valence electrons. The molecule has 7 nitrogen and oxygen atoms in total. The van der Waals surface area contributed by atoms with Gasteiger partial charge in [0.1, 0.15) is 11.5 Å². The molecule has 2 amide bonds. The third-order valence-corrected chi connectivity index (χ3v) is 5.48. The summed E-state index contributed by atoms with van der Waals surface area (Å²) in [4.78, 5) is 27.0. The van der Waals surface area contributed by atoms with Gasteiger partial charge in [-0.1, -0.05) is 28.1 Å². The van der Waals surface area contributed by atoms with Crippen molar-refractivity contribution in [2.45, 2.75) is 12.8 Å². The van der Waals surface area contributed by atoms with Gasteiger partial charge in [-0.25, -0.2) is 5.43 Å². The summed E-state index contributed by atoms with van der Waals surface area (Å²) >= 11 is 3.40. The molecule has 30 heavy (non-hydrogen) atoms. The van der Waals surface area contributed by atoms with Crippen molar-refractivity contribution in [3.8, 4) is 11.5 Å². The van der Waals surface area contributed by atoms with Gasteiger partial charge in [0, 0.05) is 35.1 Å². The van der Waals surface area contributed by atoms with E-state index < -0.39 is 0 Å². The van der Waals surface area contributed by atoms with Gasteiger partial charge in [-0.2, -0.15) is 5.10 Å².